The topological polar surface area (TPSA) is 36.4 Å². The van der Waals surface area contributed by atoms with Crippen LogP contribution in [-0.2, 0) is 19.3 Å². The largest absolute Gasteiger partial charge is 0.416 e. The van der Waals surface area contributed by atoms with Gasteiger partial charge in [-0.05, 0) is 41.6 Å². The zero-order chi connectivity index (χ0) is 17.7. The van der Waals surface area contributed by atoms with E-state index in [9.17, 15) is 17.6 Å². The number of guanidine groups is 1. The van der Waals surface area contributed by atoms with Gasteiger partial charge in [-0.2, -0.15) is 13.2 Å². The molecule has 0 amide bonds. The lowest BCUT2D eigenvalue weighted by atomic mass is 10.1. The van der Waals surface area contributed by atoms with Crippen LogP contribution in [0.3, 0.4) is 0 Å². The average Bonchev–Trinajstić information content (AvgIpc) is 2.93. The molecule has 2 rings (SSSR count). The van der Waals surface area contributed by atoms with Crippen molar-refractivity contribution in [3.05, 3.63) is 57.0 Å². The molecule has 0 aliphatic heterocycles. The fourth-order valence-electron chi connectivity index (χ4n) is 2.12. The Morgan fingerprint density at radius 1 is 1.16 bits per heavy atom. The van der Waals surface area contributed by atoms with Crippen LogP contribution in [-0.4, -0.2) is 13.0 Å². The molecule has 0 bridgehead atoms. The molecule has 1 heterocycles. The normalized spacial score (nSPS) is 11.8. The van der Waals surface area contributed by atoms with Crippen LogP contribution in [0.1, 0.15) is 21.6 Å². The van der Waals surface area contributed by atoms with Gasteiger partial charge in [-0.25, -0.2) is 4.39 Å². The third-order valence-electron chi connectivity index (χ3n) is 3.43. The van der Waals surface area contributed by atoms with E-state index in [1.54, 1.807) is 11.3 Å². The first-order chi connectivity index (χ1) is 11.3. The molecular weight excluding hydrogens is 469 g/mol. The predicted molar refractivity (Wildman–Crippen MR) is 103 cm³/mol. The second kappa shape index (κ2) is 9.37. The molecule has 1 aromatic heterocycles. The van der Waals surface area contributed by atoms with E-state index in [2.05, 4.69) is 15.6 Å². The number of aliphatic imine (C=N–C) groups is 1. The molecule has 0 spiro atoms. The van der Waals surface area contributed by atoms with Crippen LogP contribution in [0, 0.1) is 12.7 Å². The second-order valence-electron chi connectivity index (χ2n) is 5.11. The van der Waals surface area contributed by atoms with Crippen LogP contribution in [0.25, 0.3) is 0 Å². The summed E-state index contributed by atoms with van der Waals surface area (Å²) >= 11 is 1.59. The first kappa shape index (κ1) is 21.7. The Labute approximate surface area is 164 Å². The SMILES string of the molecule is CN=C(NCc1ccc(F)cc1C(F)(F)F)NCc1sccc1C.I. The first-order valence-electron chi connectivity index (χ1n) is 7.14. The molecule has 2 N–H and O–H groups in total. The van der Waals surface area contributed by atoms with Crippen LogP contribution in [0.4, 0.5) is 17.6 Å². The maximum atomic E-state index is 13.1. The predicted octanol–water partition coefficient (Wildman–Crippen LogP) is 4.70. The van der Waals surface area contributed by atoms with Crippen LogP contribution in [0.2, 0.25) is 0 Å². The lowest BCUT2D eigenvalue weighted by Gasteiger charge is -2.16. The first-order valence-corrected chi connectivity index (χ1v) is 8.02. The number of halogens is 5. The summed E-state index contributed by atoms with van der Waals surface area (Å²) in [5.41, 5.74) is 0.111. The summed E-state index contributed by atoms with van der Waals surface area (Å²) in [6.45, 7) is 2.40. The highest BCUT2D eigenvalue weighted by Gasteiger charge is 2.33. The number of nitrogens with one attached hydrogen (secondary N) is 2. The van der Waals surface area contributed by atoms with Crippen molar-refractivity contribution in [2.24, 2.45) is 4.99 Å². The molecule has 3 nitrogen and oxygen atoms in total. The highest BCUT2D eigenvalue weighted by Crippen LogP contribution is 2.32. The molecule has 0 radical (unpaired) electrons. The molecular formula is C16H18F4IN3S. The van der Waals surface area contributed by atoms with E-state index in [4.69, 9.17) is 0 Å². The Morgan fingerprint density at radius 3 is 2.40 bits per heavy atom. The quantitative estimate of drug-likeness (QED) is 0.284. The Balaban J connectivity index is 0.00000312. The van der Waals surface area contributed by atoms with Gasteiger partial charge >= 0.3 is 6.18 Å². The number of hydrogen-bond donors (Lipinski definition) is 2. The van der Waals surface area contributed by atoms with Gasteiger partial charge in [0.25, 0.3) is 0 Å². The Kier molecular flexibility index (Phi) is 8.13. The zero-order valence-electron chi connectivity index (χ0n) is 13.6. The molecule has 0 unspecified atom stereocenters. The summed E-state index contributed by atoms with van der Waals surface area (Å²) in [7, 11) is 1.53. The average molecular weight is 487 g/mol. The third kappa shape index (κ3) is 6.14. The molecule has 2 aromatic rings. The lowest BCUT2D eigenvalue weighted by Crippen LogP contribution is -2.36. The lowest BCUT2D eigenvalue weighted by molar-refractivity contribution is -0.138. The van der Waals surface area contributed by atoms with Crippen LogP contribution in [0.5, 0.6) is 0 Å². The van der Waals surface area contributed by atoms with E-state index in [1.807, 2.05) is 18.4 Å². The van der Waals surface area contributed by atoms with Crippen molar-refractivity contribution in [1.82, 2.24) is 10.6 Å². The van der Waals surface area contributed by atoms with Crippen molar-refractivity contribution < 1.29 is 17.6 Å². The maximum absolute atomic E-state index is 13.1. The van der Waals surface area contributed by atoms with E-state index in [0.717, 1.165) is 22.6 Å². The molecule has 25 heavy (non-hydrogen) atoms. The minimum Gasteiger partial charge on any atom is -0.352 e. The van der Waals surface area contributed by atoms with E-state index < -0.39 is 17.6 Å². The molecule has 0 aliphatic carbocycles. The molecule has 0 fully saturated rings. The molecule has 0 saturated heterocycles. The van der Waals surface area contributed by atoms with Gasteiger partial charge < -0.3 is 10.6 Å². The van der Waals surface area contributed by atoms with E-state index in [-0.39, 0.29) is 36.1 Å². The van der Waals surface area contributed by atoms with Gasteiger partial charge in [0.1, 0.15) is 5.82 Å². The second-order valence-corrected chi connectivity index (χ2v) is 6.11. The fraction of sp³-hybridized carbons (Fsp3) is 0.312. The smallest absolute Gasteiger partial charge is 0.352 e. The van der Waals surface area contributed by atoms with Crippen LogP contribution in [0.15, 0.2) is 34.6 Å². The van der Waals surface area contributed by atoms with Gasteiger partial charge in [-0.15, -0.1) is 35.3 Å². The van der Waals surface area contributed by atoms with Crippen LogP contribution >= 0.6 is 35.3 Å². The molecule has 9 heteroatoms. The van der Waals surface area contributed by atoms with Crippen molar-refractivity contribution in [3.63, 3.8) is 0 Å². The Hall–Kier alpha value is -1.36. The highest BCUT2D eigenvalue weighted by atomic mass is 127. The molecule has 0 saturated carbocycles. The van der Waals surface area contributed by atoms with E-state index >= 15 is 0 Å². The van der Waals surface area contributed by atoms with Gasteiger partial charge in [0, 0.05) is 18.5 Å². The van der Waals surface area contributed by atoms with Gasteiger partial charge in [0.05, 0.1) is 12.1 Å². The number of nitrogens with zero attached hydrogens (tertiary/aromatic N) is 1. The summed E-state index contributed by atoms with van der Waals surface area (Å²) < 4.78 is 52.0. The van der Waals surface area contributed by atoms with Crippen molar-refractivity contribution in [2.75, 3.05) is 7.05 Å². The molecule has 0 aliphatic rings. The minimum atomic E-state index is -4.61. The fourth-order valence-corrected chi connectivity index (χ4v) is 2.96. The van der Waals surface area contributed by atoms with Crippen molar-refractivity contribution >= 4 is 41.3 Å². The zero-order valence-corrected chi connectivity index (χ0v) is 16.7. The van der Waals surface area contributed by atoms with E-state index in [1.165, 1.54) is 7.05 Å². The number of benzene rings is 1. The summed E-state index contributed by atoms with van der Waals surface area (Å²) in [4.78, 5) is 5.11. The van der Waals surface area contributed by atoms with E-state index in [0.29, 0.717) is 18.6 Å². The molecule has 1 aromatic carbocycles. The van der Waals surface area contributed by atoms with Gasteiger partial charge in [0.2, 0.25) is 0 Å². The van der Waals surface area contributed by atoms with Crippen molar-refractivity contribution in [1.29, 1.82) is 0 Å². The standard InChI is InChI=1S/C16H17F4N3S.HI/c1-10-5-6-24-14(10)9-23-15(21-2)22-8-11-3-4-12(17)7-13(11)16(18,19)20;/h3-7H,8-9H2,1-2H3,(H2,21,22,23);1H. The highest BCUT2D eigenvalue weighted by molar-refractivity contribution is 14.0. The number of thiophene rings is 1. The van der Waals surface area contributed by atoms with Crippen molar-refractivity contribution in [2.45, 2.75) is 26.2 Å². The van der Waals surface area contributed by atoms with Gasteiger partial charge in [-0.1, -0.05) is 6.07 Å². The Morgan fingerprint density at radius 2 is 1.84 bits per heavy atom. The minimum absolute atomic E-state index is 0. The van der Waals surface area contributed by atoms with Gasteiger partial charge in [0.15, 0.2) is 5.96 Å². The number of aryl methyl sites for hydroxylation is 1. The monoisotopic (exact) mass is 487 g/mol. The third-order valence-corrected chi connectivity index (χ3v) is 4.45. The summed E-state index contributed by atoms with van der Waals surface area (Å²) in [6, 6.07) is 4.63. The van der Waals surface area contributed by atoms with Crippen molar-refractivity contribution in [3.8, 4) is 0 Å². The number of hydrogen-bond acceptors (Lipinski definition) is 2. The summed E-state index contributed by atoms with van der Waals surface area (Å²) in [5.74, 6) is -0.540. The number of alkyl halides is 3. The summed E-state index contributed by atoms with van der Waals surface area (Å²) in [6.07, 6.45) is -4.61. The van der Waals surface area contributed by atoms with Crippen LogP contribution < -0.4 is 10.6 Å². The number of rotatable bonds is 4. The molecule has 0 atom stereocenters. The maximum Gasteiger partial charge on any atom is 0.416 e. The molecule has 138 valence electrons. The summed E-state index contributed by atoms with van der Waals surface area (Å²) in [5, 5.41) is 7.84. The van der Waals surface area contributed by atoms with Gasteiger partial charge in [-0.3, -0.25) is 4.99 Å². The Bertz CT molecular complexity index is 728.